The van der Waals surface area contributed by atoms with E-state index in [0.717, 1.165) is 30.4 Å². The van der Waals surface area contributed by atoms with Gasteiger partial charge in [0.25, 0.3) is 5.91 Å². The molecule has 130 valence electrons. The third kappa shape index (κ3) is 5.61. The van der Waals surface area contributed by atoms with E-state index in [4.69, 9.17) is 0 Å². The third-order valence-electron chi connectivity index (χ3n) is 3.36. The Morgan fingerprint density at radius 2 is 1.96 bits per heavy atom. The van der Waals surface area contributed by atoms with Gasteiger partial charge in [-0.25, -0.2) is 13.4 Å². The number of thiazole rings is 1. The Hall–Kier alpha value is -1.93. The van der Waals surface area contributed by atoms with Crippen molar-refractivity contribution < 1.29 is 13.2 Å². The molecule has 24 heavy (non-hydrogen) atoms. The molecule has 6 nitrogen and oxygen atoms in total. The molecule has 1 aromatic heterocycles. The predicted octanol–water partition coefficient (Wildman–Crippen LogP) is 2.57. The standard InChI is InChI=1S/C16H21N3O3S2/c1-11(9-10-13-7-5-4-6-8-13)17-15(20)14-12(2)18-16(23-14)19-24(3,21)22/h4-8,11H,9-10H2,1-3H3,(H,17,20)(H,18,19). The van der Waals surface area contributed by atoms with Crippen LogP contribution in [0.3, 0.4) is 0 Å². The van der Waals surface area contributed by atoms with E-state index in [2.05, 4.69) is 27.2 Å². The normalized spacial score (nSPS) is 12.6. The van der Waals surface area contributed by atoms with Gasteiger partial charge in [-0.3, -0.25) is 9.52 Å². The molecule has 0 saturated heterocycles. The molecule has 0 bridgehead atoms. The van der Waals surface area contributed by atoms with Crippen molar-refractivity contribution in [3.05, 3.63) is 46.5 Å². The average molecular weight is 367 g/mol. The quantitative estimate of drug-likeness (QED) is 0.787. The van der Waals surface area contributed by atoms with Crippen molar-refractivity contribution >= 4 is 32.4 Å². The van der Waals surface area contributed by atoms with Crippen LogP contribution in [0, 0.1) is 6.92 Å². The first-order valence-corrected chi connectivity index (χ1v) is 10.3. The molecule has 1 amide bonds. The molecule has 1 unspecified atom stereocenters. The molecule has 2 N–H and O–H groups in total. The number of aromatic nitrogens is 1. The second-order valence-electron chi connectivity index (χ2n) is 5.71. The van der Waals surface area contributed by atoms with Crippen LogP contribution in [0.4, 0.5) is 5.13 Å². The molecule has 1 aromatic carbocycles. The van der Waals surface area contributed by atoms with Crippen molar-refractivity contribution in [2.24, 2.45) is 0 Å². The number of nitrogens with zero attached hydrogens (tertiary/aromatic N) is 1. The summed E-state index contributed by atoms with van der Waals surface area (Å²) in [5, 5.41) is 3.14. The fourth-order valence-electron chi connectivity index (χ4n) is 2.20. The van der Waals surface area contributed by atoms with Crippen molar-refractivity contribution in [3.8, 4) is 0 Å². The zero-order chi connectivity index (χ0) is 17.7. The summed E-state index contributed by atoms with van der Waals surface area (Å²) in [6.07, 6.45) is 2.75. The van der Waals surface area contributed by atoms with Gasteiger partial charge in [-0.1, -0.05) is 41.7 Å². The van der Waals surface area contributed by atoms with E-state index < -0.39 is 10.0 Å². The summed E-state index contributed by atoms with van der Waals surface area (Å²) in [5.41, 5.74) is 1.74. The van der Waals surface area contributed by atoms with E-state index in [0.29, 0.717) is 10.6 Å². The van der Waals surface area contributed by atoms with E-state index >= 15 is 0 Å². The molecule has 2 aromatic rings. The van der Waals surface area contributed by atoms with E-state index in [9.17, 15) is 13.2 Å². The molecule has 8 heteroatoms. The first-order valence-electron chi connectivity index (χ1n) is 7.54. The van der Waals surface area contributed by atoms with E-state index in [1.165, 1.54) is 5.56 Å². The molecule has 0 fully saturated rings. The summed E-state index contributed by atoms with van der Waals surface area (Å²) in [6.45, 7) is 3.64. The summed E-state index contributed by atoms with van der Waals surface area (Å²) in [7, 11) is -3.40. The Bertz CT molecular complexity index is 801. The smallest absolute Gasteiger partial charge is 0.263 e. The summed E-state index contributed by atoms with van der Waals surface area (Å²) >= 11 is 1.04. The fourth-order valence-corrected chi connectivity index (χ4v) is 3.90. The van der Waals surface area contributed by atoms with Gasteiger partial charge in [0.1, 0.15) is 4.88 Å². The fraction of sp³-hybridized carbons (Fsp3) is 0.375. The SMILES string of the molecule is Cc1nc(NS(C)(=O)=O)sc1C(=O)NC(C)CCc1ccccc1. The van der Waals surface area contributed by atoms with Crippen molar-refractivity contribution in [2.75, 3.05) is 11.0 Å². The molecule has 0 aliphatic heterocycles. The van der Waals surface area contributed by atoms with E-state index in [-0.39, 0.29) is 17.1 Å². The first-order chi connectivity index (χ1) is 11.2. The van der Waals surface area contributed by atoms with Crippen LogP contribution in [0.5, 0.6) is 0 Å². The van der Waals surface area contributed by atoms with Crippen LogP contribution < -0.4 is 10.0 Å². The second-order valence-corrected chi connectivity index (χ2v) is 8.45. The van der Waals surface area contributed by atoms with E-state index in [1.54, 1.807) is 6.92 Å². The number of hydrogen-bond acceptors (Lipinski definition) is 5. The molecule has 2 rings (SSSR count). The largest absolute Gasteiger partial charge is 0.349 e. The number of aryl methyl sites for hydroxylation is 2. The Balaban J connectivity index is 1.94. The molecule has 1 atom stereocenters. The number of rotatable bonds is 7. The van der Waals surface area contributed by atoms with Crippen molar-refractivity contribution in [3.63, 3.8) is 0 Å². The van der Waals surface area contributed by atoms with Crippen LogP contribution >= 0.6 is 11.3 Å². The zero-order valence-corrected chi connectivity index (χ0v) is 15.5. The van der Waals surface area contributed by atoms with Crippen molar-refractivity contribution in [2.45, 2.75) is 32.7 Å². The van der Waals surface area contributed by atoms with Gasteiger partial charge in [0, 0.05) is 6.04 Å². The van der Waals surface area contributed by atoms with Crippen LogP contribution in [0.15, 0.2) is 30.3 Å². The predicted molar refractivity (Wildman–Crippen MR) is 97.0 cm³/mol. The Labute approximate surface area is 146 Å². The van der Waals surface area contributed by atoms with Gasteiger partial charge in [-0.05, 0) is 32.3 Å². The van der Waals surface area contributed by atoms with Crippen LogP contribution in [-0.4, -0.2) is 31.6 Å². The van der Waals surface area contributed by atoms with Gasteiger partial charge in [0.05, 0.1) is 11.9 Å². The number of nitrogens with one attached hydrogen (secondary N) is 2. The number of carbonyl (C=O) groups is 1. The number of benzene rings is 1. The monoisotopic (exact) mass is 367 g/mol. The van der Waals surface area contributed by atoms with Gasteiger partial charge in [-0.2, -0.15) is 0 Å². The summed E-state index contributed by atoms with van der Waals surface area (Å²) in [4.78, 5) is 16.9. The molecule has 0 aliphatic carbocycles. The molecule has 0 spiro atoms. The molecule has 1 heterocycles. The lowest BCUT2D eigenvalue weighted by atomic mass is 10.1. The van der Waals surface area contributed by atoms with Crippen LogP contribution in [0.2, 0.25) is 0 Å². The number of anilines is 1. The lowest BCUT2D eigenvalue weighted by Gasteiger charge is -2.13. The van der Waals surface area contributed by atoms with E-state index in [1.807, 2.05) is 25.1 Å². The van der Waals surface area contributed by atoms with Crippen molar-refractivity contribution in [1.29, 1.82) is 0 Å². The number of sulfonamides is 1. The van der Waals surface area contributed by atoms with Gasteiger partial charge in [-0.15, -0.1) is 0 Å². The Morgan fingerprint density at radius 1 is 1.29 bits per heavy atom. The lowest BCUT2D eigenvalue weighted by molar-refractivity contribution is 0.0941. The topological polar surface area (TPSA) is 88.2 Å². The molecule has 0 radical (unpaired) electrons. The van der Waals surface area contributed by atoms with Gasteiger partial charge < -0.3 is 5.32 Å². The second kappa shape index (κ2) is 7.76. The van der Waals surface area contributed by atoms with Crippen molar-refractivity contribution in [1.82, 2.24) is 10.3 Å². The number of hydrogen-bond donors (Lipinski definition) is 2. The van der Waals surface area contributed by atoms with Crippen LogP contribution in [0.1, 0.15) is 34.3 Å². The minimum absolute atomic E-state index is 0.00511. The molecule has 0 saturated carbocycles. The number of amides is 1. The minimum Gasteiger partial charge on any atom is -0.349 e. The summed E-state index contributed by atoms with van der Waals surface area (Å²) in [5.74, 6) is -0.230. The lowest BCUT2D eigenvalue weighted by Crippen LogP contribution is -2.32. The maximum atomic E-state index is 12.3. The molecular weight excluding hydrogens is 346 g/mol. The first kappa shape index (κ1) is 18.4. The third-order valence-corrected chi connectivity index (χ3v) is 5.13. The summed E-state index contributed by atoms with van der Waals surface area (Å²) in [6, 6.07) is 10.1. The average Bonchev–Trinajstić information content (AvgIpc) is 2.84. The van der Waals surface area contributed by atoms with Gasteiger partial charge in [0.2, 0.25) is 10.0 Å². The molecule has 0 aliphatic rings. The van der Waals surface area contributed by atoms with Crippen LogP contribution in [0.25, 0.3) is 0 Å². The Morgan fingerprint density at radius 3 is 2.58 bits per heavy atom. The number of carbonyl (C=O) groups excluding carboxylic acids is 1. The summed E-state index contributed by atoms with van der Waals surface area (Å²) < 4.78 is 24.8. The minimum atomic E-state index is -3.40. The van der Waals surface area contributed by atoms with Gasteiger partial charge >= 0.3 is 0 Å². The highest BCUT2D eigenvalue weighted by atomic mass is 32.2. The highest BCUT2D eigenvalue weighted by molar-refractivity contribution is 7.92. The molecular formula is C16H21N3O3S2. The van der Waals surface area contributed by atoms with Gasteiger partial charge in [0.15, 0.2) is 5.13 Å². The highest BCUT2D eigenvalue weighted by Crippen LogP contribution is 2.23. The maximum absolute atomic E-state index is 12.3. The zero-order valence-electron chi connectivity index (χ0n) is 13.9. The maximum Gasteiger partial charge on any atom is 0.263 e. The Kier molecular flexibility index (Phi) is 5.95. The van der Waals surface area contributed by atoms with Crippen LogP contribution in [-0.2, 0) is 16.4 Å². The highest BCUT2D eigenvalue weighted by Gasteiger charge is 2.18.